The number of nitrogens with one attached hydrogen (secondary N) is 2. The van der Waals surface area contributed by atoms with Crippen molar-refractivity contribution in [2.24, 2.45) is 0 Å². The van der Waals surface area contributed by atoms with E-state index in [1.807, 2.05) is 59.6 Å². The molecule has 3 aromatic rings. The number of sulfone groups is 1. The predicted molar refractivity (Wildman–Crippen MR) is 114 cm³/mol. The molecule has 1 unspecified atom stereocenters. The first-order valence-corrected chi connectivity index (χ1v) is 11.7. The summed E-state index contributed by atoms with van der Waals surface area (Å²) >= 11 is 0. The molecule has 7 heteroatoms. The Labute approximate surface area is 170 Å². The Morgan fingerprint density at radius 3 is 2.48 bits per heavy atom. The third-order valence-electron chi connectivity index (χ3n) is 5.48. The number of aromatic amines is 1. The summed E-state index contributed by atoms with van der Waals surface area (Å²) in [4.78, 5) is 18.3. The number of hydrogen-bond donors (Lipinski definition) is 2. The quantitative estimate of drug-likeness (QED) is 0.652. The van der Waals surface area contributed by atoms with Crippen molar-refractivity contribution in [2.75, 3.05) is 31.1 Å². The van der Waals surface area contributed by atoms with Crippen LogP contribution in [0.5, 0.6) is 0 Å². The van der Waals surface area contributed by atoms with Gasteiger partial charge in [0.05, 0.1) is 11.5 Å². The van der Waals surface area contributed by atoms with Crippen LogP contribution in [0.1, 0.15) is 17.2 Å². The fraction of sp³-hybridized carbons (Fsp3) is 0.318. The van der Waals surface area contributed by atoms with Crippen molar-refractivity contribution in [3.63, 3.8) is 0 Å². The molecule has 0 saturated carbocycles. The summed E-state index contributed by atoms with van der Waals surface area (Å²) < 4.78 is 23.6. The molecule has 1 aromatic heterocycles. The van der Waals surface area contributed by atoms with Gasteiger partial charge in [0.25, 0.3) is 0 Å². The van der Waals surface area contributed by atoms with Gasteiger partial charge >= 0.3 is 0 Å². The van der Waals surface area contributed by atoms with E-state index in [1.165, 1.54) is 10.9 Å². The summed E-state index contributed by atoms with van der Waals surface area (Å²) in [5.74, 6) is 0.105. The molecule has 1 fully saturated rings. The lowest BCUT2D eigenvalue weighted by Crippen LogP contribution is -2.47. The number of rotatable bonds is 6. The average molecular weight is 412 g/mol. The van der Waals surface area contributed by atoms with E-state index in [0.29, 0.717) is 19.6 Å². The van der Waals surface area contributed by atoms with Gasteiger partial charge in [0.15, 0.2) is 9.84 Å². The molecule has 1 saturated heterocycles. The smallest absolute Gasteiger partial charge is 0.241 e. The number of benzene rings is 2. The van der Waals surface area contributed by atoms with Crippen molar-refractivity contribution in [3.8, 4) is 0 Å². The highest BCUT2D eigenvalue weighted by Crippen LogP contribution is 2.23. The van der Waals surface area contributed by atoms with Gasteiger partial charge in [0, 0.05) is 36.7 Å². The van der Waals surface area contributed by atoms with Crippen LogP contribution in [0.3, 0.4) is 0 Å². The summed E-state index contributed by atoms with van der Waals surface area (Å²) in [6.45, 7) is 1.27. The molecular formula is C22H25N3O3S. The molecule has 1 atom stereocenters. The van der Waals surface area contributed by atoms with E-state index in [9.17, 15) is 13.2 Å². The fourth-order valence-corrected chi connectivity index (χ4v) is 5.13. The van der Waals surface area contributed by atoms with Gasteiger partial charge in [-0.05, 0) is 23.6 Å². The Morgan fingerprint density at radius 2 is 1.72 bits per heavy atom. The van der Waals surface area contributed by atoms with Crippen molar-refractivity contribution in [1.82, 2.24) is 15.2 Å². The maximum atomic E-state index is 13.1. The number of para-hydroxylation sites is 1. The molecule has 0 aliphatic carbocycles. The lowest BCUT2D eigenvalue weighted by Gasteiger charge is -2.33. The lowest BCUT2D eigenvalue weighted by molar-refractivity contribution is -0.126. The molecule has 29 heavy (non-hydrogen) atoms. The van der Waals surface area contributed by atoms with E-state index >= 15 is 0 Å². The molecule has 0 bridgehead atoms. The van der Waals surface area contributed by atoms with Crippen molar-refractivity contribution < 1.29 is 13.2 Å². The molecule has 1 aliphatic heterocycles. The maximum Gasteiger partial charge on any atom is 0.241 e. The predicted octanol–water partition coefficient (Wildman–Crippen LogP) is 2.30. The zero-order valence-electron chi connectivity index (χ0n) is 16.2. The second kappa shape index (κ2) is 8.39. The molecule has 2 N–H and O–H groups in total. The van der Waals surface area contributed by atoms with Crippen LogP contribution in [-0.4, -0.2) is 55.3 Å². The van der Waals surface area contributed by atoms with Crippen molar-refractivity contribution >= 4 is 26.6 Å². The summed E-state index contributed by atoms with van der Waals surface area (Å²) in [6, 6.07) is 17.2. The average Bonchev–Trinajstić information content (AvgIpc) is 3.13. The summed E-state index contributed by atoms with van der Waals surface area (Å²) in [7, 11) is -3.00. The molecule has 0 radical (unpaired) electrons. The van der Waals surface area contributed by atoms with E-state index < -0.39 is 15.9 Å². The van der Waals surface area contributed by atoms with Crippen LogP contribution < -0.4 is 5.32 Å². The number of carbonyl (C=O) groups is 1. The van der Waals surface area contributed by atoms with E-state index in [-0.39, 0.29) is 17.4 Å². The molecule has 4 rings (SSSR count). The summed E-state index contributed by atoms with van der Waals surface area (Å²) in [6.07, 6.45) is 2.71. The van der Waals surface area contributed by atoms with Gasteiger partial charge in [-0.25, -0.2) is 8.42 Å². The van der Waals surface area contributed by atoms with Crippen LogP contribution in [0.25, 0.3) is 10.9 Å². The first kappa shape index (κ1) is 19.7. The number of nitrogens with zero attached hydrogens (tertiary/aromatic N) is 1. The number of aromatic nitrogens is 1. The first-order chi connectivity index (χ1) is 14.0. The molecule has 2 heterocycles. The van der Waals surface area contributed by atoms with Crippen LogP contribution in [-0.2, 0) is 21.1 Å². The zero-order chi connectivity index (χ0) is 20.3. The van der Waals surface area contributed by atoms with E-state index in [4.69, 9.17) is 0 Å². The van der Waals surface area contributed by atoms with Crippen molar-refractivity contribution in [2.45, 2.75) is 12.5 Å². The number of amides is 1. The summed E-state index contributed by atoms with van der Waals surface area (Å²) in [5, 5.41) is 4.23. The number of hydrogen-bond acceptors (Lipinski definition) is 4. The molecule has 2 aromatic carbocycles. The van der Waals surface area contributed by atoms with E-state index in [0.717, 1.165) is 17.5 Å². The van der Waals surface area contributed by atoms with Gasteiger partial charge in [0.2, 0.25) is 5.91 Å². The molecular weight excluding hydrogens is 386 g/mol. The second-order valence-electron chi connectivity index (χ2n) is 7.40. The Kier molecular flexibility index (Phi) is 5.69. The van der Waals surface area contributed by atoms with Gasteiger partial charge in [-0.1, -0.05) is 48.5 Å². The number of H-pyrrole nitrogens is 1. The number of carbonyl (C=O) groups excluding carboxylic acids is 1. The Bertz CT molecular complexity index is 1080. The highest BCUT2D eigenvalue weighted by molar-refractivity contribution is 7.91. The molecule has 0 spiro atoms. The normalized spacial score (nSPS) is 17.8. The minimum atomic E-state index is -3.00. The number of fused-ring (bicyclic) bond motifs is 1. The minimum absolute atomic E-state index is 0.0876. The minimum Gasteiger partial charge on any atom is -0.361 e. The third kappa shape index (κ3) is 4.52. The molecule has 1 amide bonds. The Morgan fingerprint density at radius 1 is 1.03 bits per heavy atom. The SMILES string of the molecule is O=C(NCCc1c[nH]c2ccccc12)C(c1ccccc1)N1CCS(=O)(=O)CC1. The first-order valence-electron chi connectivity index (χ1n) is 9.86. The van der Waals surface area contributed by atoms with Crippen molar-refractivity contribution in [3.05, 3.63) is 71.9 Å². The van der Waals surface area contributed by atoms with Gasteiger partial charge in [-0.2, -0.15) is 0 Å². The van der Waals surface area contributed by atoms with Crippen LogP contribution in [0, 0.1) is 0 Å². The van der Waals surface area contributed by atoms with Gasteiger partial charge < -0.3 is 10.3 Å². The fourth-order valence-electron chi connectivity index (χ4n) is 3.90. The van der Waals surface area contributed by atoms with Gasteiger partial charge in [-0.3, -0.25) is 9.69 Å². The Hall–Kier alpha value is -2.64. The zero-order valence-corrected chi connectivity index (χ0v) is 17.0. The molecule has 6 nitrogen and oxygen atoms in total. The van der Waals surface area contributed by atoms with Gasteiger partial charge in [-0.15, -0.1) is 0 Å². The largest absolute Gasteiger partial charge is 0.361 e. The van der Waals surface area contributed by atoms with E-state index in [2.05, 4.69) is 16.4 Å². The molecule has 1 aliphatic rings. The lowest BCUT2D eigenvalue weighted by atomic mass is 10.0. The van der Waals surface area contributed by atoms with Crippen LogP contribution >= 0.6 is 0 Å². The third-order valence-corrected chi connectivity index (χ3v) is 7.09. The van der Waals surface area contributed by atoms with E-state index in [1.54, 1.807) is 0 Å². The van der Waals surface area contributed by atoms with Crippen molar-refractivity contribution in [1.29, 1.82) is 0 Å². The Balaban J connectivity index is 1.45. The summed E-state index contributed by atoms with van der Waals surface area (Å²) in [5.41, 5.74) is 3.14. The standard InChI is InChI=1S/C22H25N3O3S/c26-22(23-11-10-18-16-24-20-9-5-4-8-19(18)20)21(17-6-2-1-3-7-17)25-12-14-29(27,28)15-13-25/h1-9,16,21,24H,10-15H2,(H,23,26). The second-order valence-corrected chi connectivity index (χ2v) is 9.71. The monoisotopic (exact) mass is 411 g/mol. The van der Waals surface area contributed by atoms with Crippen LogP contribution in [0.15, 0.2) is 60.8 Å². The van der Waals surface area contributed by atoms with Crippen LogP contribution in [0.4, 0.5) is 0 Å². The maximum absolute atomic E-state index is 13.1. The van der Waals surface area contributed by atoms with Gasteiger partial charge in [0.1, 0.15) is 6.04 Å². The highest BCUT2D eigenvalue weighted by Gasteiger charge is 2.32. The highest BCUT2D eigenvalue weighted by atomic mass is 32.2. The molecule has 152 valence electrons. The topological polar surface area (TPSA) is 82.3 Å². The van der Waals surface area contributed by atoms with Crippen LogP contribution in [0.2, 0.25) is 0 Å².